The fourth-order valence-corrected chi connectivity index (χ4v) is 4.72. The number of carbonyl (C=O) groups excluding carboxylic acids is 1. The molecule has 28 heavy (non-hydrogen) atoms. The summed E-state index contributed by atoms with van der Waals surface area (Å²) in [7, 11) is -1.47. The molecule has 0 radical (unpaired) electrons. The molecule has 3 aromatic rings. The van der Waals surface area contributed by atoms with E-state index in [4.69, 9.17) is 16.3 Å². The van der Waals surface area contributed by atoms with E-state index < -0.39 is 16.4 Å². The minimum absolute atomic E-state index is 0.0835. The van der Waals surface area contributed by atoms with Gasteiger partial charge in [0.25, 0.3) is 0 Å². The maximum absolute atomic E-state index is 13.3. The monoisotopic (exact) mass is 418 g/mol. The summed E-state index contributed by atoms with van der Waals surface area (Å²) >= 11 is 6.30. The van der Waals surface area contributed by atoms with Crippen LogP contribution in [-0.2, 0) is 39.0 Å². The summed E-state index contributed by atoms with van der Waals surface area (Å²) in [6.45, 7) is 1.24. The van der Waals surface area contributed by atoms with Crippen LogP contribution in [0, 0.1) is 0 Å². The lowest BCUT2D eigenvalue weighted by Gasteiger charge is -2.41. The van der Waals surface area contributed by atoms with Crippen molar-refractivity contribution in [1.82, 2.24) is 29.3 Å². The van der Waals surface area contributed by atoms with Crippen LogP contribution in [0.5, 0.6) is 0 Å². The second-order valence-electron chi connectivity index (χ2n) is 6.76. The van der Waals surface area contributed by atoms with E-state index >= 15 is 0 Å². The Kier molecular flexibility index (Phi) is 4.07. The molecule has 2 aliphatic rings. The van der Waals surface area contributed by atoms with Crippen LogP contribution in [-0.4, -0.2) is 52.6 Å². The zero-order valence-corrected chi connectivity index (χ0v) is 16.1. The predicted molar refractivity (Wildman–Crippen MR) is 98.6 cm³/mol. The van der Waals surface area contributed by atoms with Crippen molar-refractivity contribution in [2.45, 2.75) is 23.4 Å². The summed E-state index contributed by atoms with van der Waals surface area (Å²) in [5.41, 5.74) is 1.28. The standard InChI is InChI=1S/C17H15ClN6O3S/c18-13-2-1-3-19-15(13)17(9-27-10-17)16(25)23-6-11-7-24(22-14(11)8-23)28(26)12-4-20-21-5-12/h1-5,7H,6,8-10H2,(H,20,21). The third-order valence-electron chi connectivity index (χ3n) is 5.01. The van der Waals surface area contributed by atoms with Gasteiger partial charge in [-0.25, -0.2) is 4.21 Å². The normalized spacial score (nSPS) is 18.5. The van der Waals surface area contributed by atoms with E-state index in [1.165, 1.54) is 10.3 Å². The van der Waals surface area contributed by atoms with Crippen LogP contribution in [0.3, 0.4) is 0 Å². The lowest BCUT2D eigenvalue weighted by atomic mass is 9.80. The molecule has 0 aliphatic carbocycles. The molecule has 1 N–H and O–H groups in total. The second-order valence-corrected chi connectivity index (χ2v) is 8.51. The third-order valence-corrected chi connectivity index (χ3v) is 6.47. The third kappa shape index (κ3) is 2.60. The van der Waals surface area contributed by atoms with Crippen molar-refractivity contribution in [2.75, 3.05) is 13.2 Å². The number of rotatable bonds is 4. The van der Waals surface area contributed by atoms with E-state index in [1.54, 1.807) is 35.6 Å². The fraction of sp³-hybridized carbons (Fsp3) is 0.294. The highest BCUT2D eigenvalue weighted by atomic mass is 35.5. The Labute approximate surface area is 167 Å². The Bertz CT molecular complexity index is 1060. The van der Waals surface area contributed by atoms with Gasteiger partial charge in [-0.2, -0.15) is 14.3 Å². The largest absolute Gasteiger partial charge is 0.378 e. The van der Waals surface area contributed by atoms with Crippen LogP contribution in [0.4, 0.5) is 0 Å². The minimum atomic E-state index is -1.47. The Morgan fingerprint density at radius 1 is 1.36 bits per heavy atom. The number of amides is 1. The van der Waals surface area contributed by atoms with E-state index in [0.29, 0.717) is 28.7 Å². The van der Waals surface area contributed by atoms with E-state index in [9.17, 15) is 9.00 Å². The minimum Gasteiger partial charge on any atom is -0.378 e. The van der Waals surface area contributed by atoms with E-state index in [1.807, 2.05) is 0 Å². The molecular formula is C17H15ClN6O3S. The molecule has 5 rings (SSSR count). The number of halogens is 1. The molecule has 9 nitrogen and oxygen atoms in total. The first-order valence-electron chi connectivity index (χ1n) is 8.55. The van der Waals surface area contributed by atoms with Crippen molar-refractivity contribution in [3.63, 3.8) is 0 Å². The Morgan fingerprint density at radius 3 is 2.86 bits per heavy atom. The molecule has 1 atom stereocenters. The van der Waals surface area contributed by atoms with Gasteiger partial charge in [-0.3, -0.25) is 14.9 Å². The van der Waals surface area contributed by atoms with Gasteiger partial charge in [0, 0.05) is 30.7 Å². The number of aromatic amines is 1. The van der Waals surface area contributed by atoms with Gasteiger partial charge in [0.2, 0.25) is 5.91 Å². The summed E-state index contributed by atoms with van der Waals surface area (Å²) in [5.74, 6) is -0.0835. The number of aromatic nitrogens is 5. The molecular weight excluding hydrogens is 404 g/mol. The highest BCUT2D eigenvalue weighted by molar-refractivity contribution is 7.83. The Balaban J connectivity index is 1.38. The van der Waals surface area contributed by atoms with Crippen molar-refractivity contribution in [2.24, 2.45) is 0 Å². The molecule has 1 amide bonds. The lowest BCUT2D eigenvalue weighted by Crippen LogP contribution is -2.58. The fourth-order valence-electron chi connectivity index (χ4n) is 3.51. The number of pyridine rings is 1. The quantitative estimate of drug-likeness (QED) is 0.678. The van der Waals surface area contributed by atoms with Gasteiger partial charge in [0.15, 0.2) is 11.0 Å². The molecule has 1 unspecified atom stereocenters. The number of hydrogen-bond donors (Lipinski definition) is 1. The summed E-state index contributed by atoms with van der Waals surface area (Å²) in [5, 5.41) is 11.3. The highest BCUT2D eigenvalue weighted by Gasteiger charge is 2.52. The molecule has 1 fully saturated rings. The van der Waals surface area contributed by atoms with Crippen LogP contribution < -0.4 is 0 Å². The van der Waals surface area contributed by atoms with E-state index in [2.05, 4.69) is 20.3 Å². The maximum Gasteiger partial charge on any atom is 0.240 e. The number of fused-ring (bicyclic) bond motifs is 1. The van der Waals surface area contributed by atoms with Crippen molar-refractivity contribution in [3.8, 4) is 0 Å². The van der Waals surface area contributed by atoms with Crippen LogP contribution >= 0.6 is 11.6 Å². The maximum atomic E-state index is 13.3. The average Bonchev–Trinajstić information content (AvgIpc) is 3.37. The molecule has 144 valence electrons. The molecule has 2 aliphatic heterocycles. The summed E-state index contributed by atoms with van der Waals surface area (Å²) < 4.78 is 19.3. The molecule has 11 heteroatoms. The first kappa shape index (κ1) is 17.5. The van der Waals surface area contributed by atoms with Crippen LogP contribution in [0.2, 0.25) is 5.02 Å². The van der Waals surface area contributed by atoms with E-state index in [-0.39, 0.29) is 19.1 Å². The Hall–Kier alpha value is -2.56. The van der Waals surface area contributed by atoms with Gasteiger partial charge in [0.05, 0.1) is 47.3 Å². The van der Waals surface area contributed by atoms with Gasteiger partial charge in [0.1, 0.15) is 5.41 Å². The summed E-state index contributed by atoms with van der Waals surface area (Å²) in [4.78, 5) is 19.9. The predicted octanol–water partition coefficient (Wildman–Crippen LogP) is 1.04. The number of nitrogens with one attached hydrogen (secondary N) is 1. The average molecular weight is 419 g/mol. The molecule has 5 heterocycles. The van der Waals surface area contributed by atoms with Gasteiger partial charge in [-0.15, -0.1) is 0 Å². The van der Waals surface area contributed by atoms with Crippen molar-refractivity contribution >= 4 is 28.5 Å². The number of hydrogen-bond acceptors (Lipinski definition) is 6. The van der Waals surface area contributed by atoms with Crippen LogP contribution in [0.1, 0.15) is 17.0 Å². The smallest absolute Gasteiger partial charge is 0.240 e. The Morgan fingerprint density at radius 2 is 2.21 bits per heavy atom. The lowest BCUT2D eigenvalue weighted by molar-refractivity contribution is -0.157. The molecule has 0 bridgehead atoms. The first-order chi connectivity index (χ1) is 13.6. The number of nitrogens with zero attached hydrogens (tertiary/aromatic N) is 5. The van der Waals surface area contributed by atoms with Gasteiger partial charge in [-0.05, 0) is 12.1 Å². The number of carbonyl (C=O) groups is 1. The first-order valence-corrected chi connectivity index (χ1v) is 10.0. The topological polar surface area (TPSA) is 106 Å². The SMILES string of the molecule is O=C(N1Cc2cn(S(=O)c3cn[nH]c3)nc2C1)C1(c2ncccc2Cl)COC1. The second kappa shape index (κ2) is 6.50. The van der Waals surface area contributed by atoms with Crippen molar-refractivity contribution in [1.29, 1.82) is 0 Å². The molecule has 0 spiro atoms. The van der Waals surface area contributed by atoms with Gasteiger partial charge < -0.3 is 9.64 Å². The molecule has 0 saturated carbocycles. The summed E-state index contributed by atoms with van der Waals surface area (Å²) in [6.07, 6.45) is 6.40. The van der Waals surface area contributed by atoms with Crippen LogP contribution in [0.25, 0.3) is 0 Å². The van der Waals surface area contributed by atoms with Gasteiger partial charge in [-0.1, -0.05) is 11.6 Å². The van der Waals surface area contributed by atoms with E-state index in [0.717, 1.165) is 11.3 Å². The molecule has 1 saturated heterocycles. The zero-order chi connectivity index (χ0) is 19.3. The zero-order valence-electron chi connectivity index (χ0n) is 14.5. The molecule has 0 aromatic carbocycles. The van der Waals surface area contributed by atoms with Crippen molar-refractivity contribution < 1.29 is 13.7 Å². The van der Waals surface area contributed by atoms with Crippen molar-refractivity contribution in [3.05, 3.63) is 58.9 Å². The van der Waals surface area contributed by atoms with Crippen LogP contribution in [0.15, 0.2) is 41.8 Å². The summed E-state index contributed by atoms with van der Waals surface area (Å²) in [6, 6.07) is 3.46. The highest BCUT2D eigenvalue weighted by Crippen LogP contribution is 2.38. The number of ether oxygens (including phenoxy) is 1. The molecule has 3 aromatic heterocycles. The number of H-pyrrole nitrogens is 1. The van der Waals surface area contributed by atoms with Gasteiger partial charge >= 0.3 is 0 Å².